The topological polar surface area (TPSA) is 55.1 Å². The number of benzene rings is 2. The van der Waals surface area contributed by atoms with Gasteiger partial charge in [0.05, 0.1) is 11.6 Å². The fraction of sp³-hybridized carbons (Fsp3) is 0.133. The van der Waals surface area contributed by atoms with E-state index in [1.807, 2.05) is 6.92 Å². The van der Waals surface area contributed by atoms with Gasteiger partial charge in [-0.3, -0.25) is 4.79 Å². The van der Waals surface area contributed by atoms with E-state index in [4.69, 9.17) is 28.9 Å². The number of nitrogens with one attached hydrogen (secondary N) is 1. The minimum atomic E-state index is -0.259. The van der Waals surface area contributed by atoms with Crippen molar-refractivity contribution in [1.82, 2.24) is 5.32 Å². The van der Waals surface area contributed by atoms with Crippen molar-refractivity contribution < 1.29 is 4.79 Å². The Bertz CT molecular complexity index is 691. The summed E-state index contributed by atoms with van der Waals surface area (Å²) in [5, 5.41) is 3.94. The van der Waals surface area contributed by atoms with E-state index in [-0.39, 0.29) is 11.9 Å². The first-order chi connectivity index (χ1) is 9.88. The van der Waals surface area contributed by atoms with E-state index in [9.17, 15) is 4.79 Å². The van der Waals surface area contributed by atoms with Gasteiger partial charge in [0.25, 0.3) is 5.91 Å². The molecule has 0 aliphatic rings. The number of carbonyl (C=O) groups excluding carboxylic acids is 1. The van der Waals surface area contributed by atoms with Gasteiger partial charge >= 0.3 is 0 Å². The molecule has 2 aromatic carbocycles. The van der Waals surface area contributed by atoms with Crippen LogP contribution in [-0.4, -0.2) is 5.91 Å². The Kier molecular flexibility index (Phi) is 5.14. The van der Waals surface area contributed by atoms with Gasteiger partial charge in [-0.25, -0.2) is 0 Å². The molecule has 1 atom stereocenters. The number of hydrogen-bond donors (Lipinski definition) is 2. The average molecular weight is 388 g/mol. The Morgan fingerprint density at radius 2 is 1.95 bits per heavy atom. The van der Waals surface area contributed by atoms with E-state index in [1.165, 1.54) is 0 Å². The number of hydrogen-bond acceptors (Lipinski definition) is 2. The lowest BCUT2D eigenvalue weighted by Gasteiger charge is -2.16. The molecule has 2 aromatic rings. The van der Waals surface area contributed by atoms with Gasteiger partial charge in [0.1, 0.15) is 0 Å². The molecule has 0 fully saturated rings. The molecule has 6 heteroatoms. The molecule has 110 valence electrons. The summed E-state index contributed by atoms with van der Waals surface area (Å²) in [6, 6.07) is 10.0. The van der Waals surface area contributed by atoms with Crippen molar-refractivity contribution in [3.05, 3.63) is 62.0 Å². The maximum absolute atomic E-state index is 12.3. The molecule has 0 heterocycles. The van der Waals surface area contributed by atoms with Gasteiger partial charge in [-0.05, 0) is 42.8 Å². The van der Waals surface area contributed by atoms with Crippen molar-refractivity contribution in [2.75, 3.05) is 5.73 Å². The first-order valence-electron chi connectivity index (χ1n) is 6.19. The van der Waals surface area contributed by atoms with Crippen molar-refractivity contribution in [1.29, 1.82) is 0 Å². The largest absolute Gasteiger partial charge is 0.398 e. The number of carbonyl (C=O) groups is 1. The van der Waals surface area contributed by atoms with Gasteiger partial charge in [0, 0.05) is 20.2 Å². The van der Waals surface area contributed by atoms with Crippen LogP contribution in [0.4, 0.5) is 5.69 Å². The molecule has 1 amide bonds. The van der Waals surface area contributed by atoms with Crippen LogP contribution in [0, 0.1) is 0 Å². The Labute approximate surface area is 141 Å². The molecule has 1 unspecified atom stereocenters. The number of nitrogen functional groups attached to an aromatic ring is 1. The second kappa shape index (κ2) is 6.69. The van der Waals surface area contributed by atoms with Crippen LogP contribution in [0.25, 0.3) is 0 Å². The molecular weight excluding hydrogens is 375 g/mol. The minimum Gasteiger partial charge on any atom is -0.398 e. The molecule has 0 spiro atoms. The van der Waals surface area contributed by atoms with Crippen LogP contribution < -0.4 is 11.1 Å². The van der Waals surface area contributed by atoms with Gasteiger partial charge in [-0.2, -0.15) is 0 Å². The molecule has 0 aromatic heterocycles. The SMILES string of the molecule is CC(NC(=O)c1ccc(Br)cc1N)c1ccc(Cl)cc1Cl. The lowest BCUT2D eigenvalue weighted by Crippen LogP contribution is -2.27. The van der Waals surface area contributed by atoms with Crippen LogP contribution in [-0.2, 0) is 0 Å². The van der Waals surface area contributed by atoms with E-state index >= 15 is 0 Å². The van der Waals surface area contributed by atoms with Crippen LogP contribution in [0.1, 0.15) is 28.9 Å². The number of amides is 1. The molecule has 2 rings (SSSR count). The second-order valence-corrected chi connectivity index (χ2v) is 6.35. The zero-order valence-electron chi connectivity index (χ0n) is 11.2. The molecule has 0 radical (unpaired) electrons. The third kappa shape index (κ3) is 3.90. The molecule has 0 saturated heterocycles. The van der Waals surface area contributed by atoms with Crippen LogP contribution in [0.2, 0.25) is 10.0 Å². The second-order valence-electron chi connectivity index (χ2n) is 4.59. The normalized spacial score (nSPS) is 12.0. The Balaban J connectivity index is 2.18. The fourth-order valence-electron chi connectivity index (χ4n) is 1.95. The highest BCUT2D eigenvalue weighted by Gasteiger charge is 2.16. The number of halogens is 3. The molecular formula is C15H13BrCl2N2O. The maximum Gasteiger partial charge on any atom is 0.253 e. The molecule has 21 heavy (non-hydrogen) atoms. The quantitative estimate of drug-likeness (QED) is 0.741. The third-order valence-electron chi connectivity index (χ3n) is 3.03. The zero-order chi connectivity index (χ0) is 15.6. The van der Waals surface area contributed by atoms with Crippen LogP contribution in [0.5, 0.6) is 0 Å². The van der Waals surface area contributed by atoms with Crippen molar-refractivity contribution in [2.45, 2.75) is 13.0 Å². The summed E-state index contributed by atoms with van der Waals surface area (Å²) >= 11 is 15.3. The average Bonchev–Trinajstić information content (AvgIpc) is 2.37. The van der Waals surface area contributed by atoms with E-state index in [2.05, 4.69) is 21.2 Å². The van der Waals surface area contributed by atoms with Gasteiger partial charge in [-0.15, -0.1) is 0 Å². The maximum atomic E-state index is 12.3. The summed E-state index contributed by atoms with van der Waals surface area (Å²) in [5.74, 6) is -0.251. The molecule has 0 bridgehead atoms. The van der Waals surface area contributed by atoms with Crippen molar-refractivity contribution >= 4 is 50.7 Å². The molecule has 0 saturated carbocycles. The van der Waals surface area contributed by atoms with Gasteiger partial charge < -0.3 is 11.1 Å². The highest BCUT2D eigenvalue weighted by Crippen LogP contribution is 2.27. The smallest absolute Gasteiger partial charge is 0.253 e. The van der Waals surface area contributed by atoms with E-state index in [0.29, 0.717) is 21.3 Å². The minimum absolute atomic E-state index is 0.251. The molecule has 3 nitrogen and oxygen atoms in total. The monoisotopic (exact) mass is 386 g/mol. The summed E-state index contributed by atoms with van der Waals surface area (Å²) in [6.07, 6.45) is 0. The Morgan fingerprint density at radius 1 is 1.24 bits per heavy atom. The summed E-state index contributed by atoms with van der Waals surface area (Å²) < 4.78 is 0.824. The highest BCUT2D eigenvalue weighted by atomic mass is 79.9. The van der Waals surface area contributed by atoms with Gasteiger partial charge in [-0.1, -0.05) is 45.2 Å². The van der Waals surface area contributed by atoms with E-state index in [0.717, 1.165) is 10.0 Å². The van der Waals surface area contributed by atoms with E-state index in [1.54, 1.807) is 36.4 Å². The lowest BCUT2D eigenvalue weighted by molar-refractivity contribution is 0.0941. The molecule has 0 aliphatic heterocycles. The summed E-state index contributed by atoms with van der Waals surface area (Å²) in [6.45, 7) is 1.85. The van der Waals surface area contributed by atoms with E-state index < -0.39 is 0 Å². The zero-order valence-corrected chi connectivity index (χ0v) is 14.3. The van der Waals surface area contributed by atoms with Gasteiger partial charge in [0.2, 0.25) is 0 Å². The molecule has 0 aliphatic carbocycles. The lowest BCUT2D eigenvalue weighted by atomic mass is 10.1. The van der Waals surface area contributed by atoms with Gasteiger partial charge in [0.15, 0.2) is 0 Å². The molecule has 3 N–H and O–H groups in total. The third-order valence-corrected chi connectivity index (χ3v) is 4.09. The standard InChI is InChI=1S/C15H13BrCl2N2O/c1-8(11-5-3-10(17)7-13(11)18)20-15(21)12-4-2-9(16)6-14(12)19/h2-8H,19H2,1H3,(H,20,21). The van der Waals surface area contributed by atoms with Crippen molar-refractivity contribution in [3.63, 3.8) is 0 Å². The van der Waals surface area contributed by atoms with Crippen LogP contribution >= 0.6 is 39.1 Å². The number of rotatable bonds is 3. The fourth-order valence-corrected chi connectivity index (χ4v) is 2.90. The van der Waals surface area contributed by atoms with Crippen LogP contribution in [0.15, 0.2) is 40.9 Å². The Hall–Kier alpha value is -1.23. The first kappa shape index (κ1) is 16.1. The summed E-state index contributed by atoms with van der Waals surface area (Å²) in [7, 11) is 0. The van der Waals surface area contributed by atoms with Crippen LogP contribution in [0.3, 0.4) is 0 Å². The first-order valence-corrected chi connectivity index (χ1v) is 7.74. The van der Waals surface area contributed by atoms with Crippen molar-refractivity contribution in [3.8, 4) is 0 Å². The number of anilines is 1. The van der Waals surface area contributed by atoms with Crippen molar-refractivity contribution in [2.24, 2.45) is 0 Å². The summed E-state index contributed by atoms with van der Waals surface area (Å²) in [4.78, 5) is 12.3. The Morgan fingerprint density at radius 3 is 2.57 bits per heavy atom. The predicted molar refractivity (Wildman–Crippen MR) is 90.9 cm³/mol. The predicted octanol–water partition coefficient (Wildman–Crippen LogP) is 4.83. The number of nitrogens with two attached hydrogens (primary N) is 1. The summed E-state index contributed by atoms with van der Waals surface area (Å²) in [5.41, 5.74) is 7.49. The highest BCUT2D eigenvalue weighted by molar-refractivity contribution is 9.10.